The molecule has 1 fully saturated rings. The molecule has 1 aliphatic rings. The first kappa shape index (κ1) is 15.5. The van der Waals surface area contributed by atoms with Gasteiger partial charge in [0.1, 0.15) is 6.61 Å². The summed E-state index contributed by atoms with van der Waals surface area (Å²) in [6, 6.07) is 4.33. The van der Waals surface area contributed by atoms with Crippen LogP contribution in [0.2, 0.25) is 0 Å². The highest BCUT2D eigenvalue weighted by molar-refractivity contribution is 7.89. The van der Waals surface area contributed by atoms with Crippen LogP contribution in [0.25, 0.3) is 0 Å². The van der Waals surface area contributed by atoms with Crippen LogP contribution in [0.4, 0.5) is 10.5 Å². The van der Waals surface area contributed by atoms with Crippen LogP contribution in [-0.2, 0) is 26.1 Å². The molecule has 1 aliphatic heterocycles. The third kappa shape index (κ3) is 4.06. The van der Waals surface area contributed by atoms with Crippen molar-refractivity contribution in [1.82, 2.24) is 0 Å². The lowest BCUT2D eigenvalue weighted by molar-refractivity contribution is 0.0851. The molecule has 2 rings (SSSR count). The van der Waals surface area contributed by atoms with Gasteiger partial charge in [0.25, 0.3) is 0 Å². The smallest absolute Gasteiger partial charge is 0.450 e. The second kappa shape index (κ2) is 6.29. The average molecular weight is 316 g/mol. The molecular formula is C12H16N2O6S. The molecule has 0 saturated carbocycles. The molecule has 0 aromatic heterocycles. The number of hydrogen-bond donors (Lipinski definition) is 2. The van der Waals surface area contributed by atoms with Gasteiger partial charge in [-0.1, -0.05) is 0 Å². The maximum absolute atomic E-state index is 11.4. The molecule has 0 atom stereocenters. The van der Waals surface area contributed by atoms with Crippen molar-refractivity contribution in [2.45, 2.75) is 11.5 Å². The number of primary sulfonamides is 1. The fourth-order valence-electron chi connectivity index (χ4n) is 2.11. The largest absolute Gasteiger partial charge is 0.506 e. The van der Waals surface area contributed by atoms with Crippen molar-refractivity contribution >= 4 is 21.9 Å². The van der Waals surface area contributed by atoms with Gasteiger partial charge in [-0.25, -0.2) is 18.4 Å². The van der Waals surface area contributed by atoms with E-state index < -0.39 is 16.2 Å². The minimum Gasteiger partial charge on any atom is -0.450 e. The maximum Gasteiger partial charge on any atom is 0.506 e. The molecule has 0 amide bonds. The number of rotatable bonds is 4. The maximum atomic E-state index is 11.4. The molecule has 21 heavy (non-hydrogen) atoms. The van der Waals surface area contributed by atoms with Crippen molar-refractivity contribution in [3.8, 4) is 0 Å². The van der Waals surface area contributed by atoms with Gasteiger partial charge >= 0.3 is 6.16 Å². The van der Waals surface area contributed by atoms with Gasteiger partial charge in [0.2, 0.25) is 10.0 Å². The molecule has 0 radical (unpaired) electrons. The van der Waals surface area contributed by atoms with Crippen molar-refractivity contribution in [3.05, 3.63) is 23.8 Å². The predicted octanol–water partition coefficient (Wildman–Crippen LogP) is 0.365. The molecule has 3 N–H and O–H groups in total. The quantitative estimate of drug-likeness (QED) is 0.770. The lowest BCUT2D eigenvalue weighted by atomic mass is 10.1. The van der Waals surface area contributed by atoms with Crippen LogP contribution in [0.15, 0.2) is 23.1 Å². The Labute approximate surface area is 122 Å². The zero-order valence-electron chi connectivity index (χ0n) is 11.2. The lowest BCUT2D eigenvalue weighted by Gasteiger charge is -2.30. The molecule has 0 aliphatic carbocycles. The Hall–Kier alpha value is -1.84. The topological polar surface area (TPSA) is 119 Å². The van der Waals surface area contributed by atoms with E-state index in [-0.39, 0.29) is 11.5 Å². The third-order valence-electron chi connectivity index (χ3n) is 3.08. The van der Waals surface area contributed by atoms with E-state index in [4.69, 9.17) is 15.0 Å². The van der Waals surface area contributed by atoms with Crippen molar-refractivity contribution in [2.75, 3.05) is 31.2 Å². The molecule has 0 spiro atoms. The van der Waals surface area contributed by atoms with E-state index in [1.807, 2.05) is 4.90 Å². The highest BCUT2D eigenvalue weighted by Crippen LogP contribution is 2.25. The Balaban J connectivity index is 2.35. The third-order valence-corrected chi connectivity index (χ3v) is 3.99. The van der Waals surface area contributed by atoms with Gasteiger partial charge in [0, 0.05) is 24.3 Å². The molecule has 1 aromatic carbocycles. The van der Waals surface area contributed by atoms with Crippen LogP contribution >= 0.6 is 0 Å². The van der Waals surface area contributed by atoms with E-state index in [0.29, 0.717) is 37.6 Å². The Morgan fingerprint density at radius 3 is 2.62 bits per heavy atom. The number of benzene rings is 1. The van der Waals surface area contributed by atoms with Crippen LogP contribution in [0.3, 0.4) is 0 Å². The summed E-state index contributed by atoms with van der Waals surface area (Å²) in [5.41, 5.74) is 1.16. The van der Waals surface area contributed by atoms with Crippen molar-refractivity contribution < 1.29 is 27.8 Å². The zero-order valence-corrected chi connectivity index (χ0v) is 12.0. The first-order chi connectivity index (χ1) is 9.88. The number of carbonyl (C=O) groups is 1. The monoisotopic (exact) mass is 316 g/mol. The normalized spacial score (nSPS) is 15.8. The molecule has 116 valence electrons. The average Bonchev–Trinajstić information content (AvgIpc) is 2.44. The lowest BCUT2D eigenvalue weighted by Crippen LogP contribution is -2.37. The number of hydrogen-bond acceptors (Lipinski definition) is 6. The van der Waals surface area contributed by atoms with Gasteiger partial charge < -0.3 is 19.5 Å². The van der Waals surface area contributed by atoms with E-state index in [1.165, 1.54) is 12.1 Å². The molecule has 1 saturated heterocycles. The summed E-state index contributed by atoms with van der Waals surface area (Å²) in [5.74, 6) is 0. The van der Waals surface area contributed by atoms with Gasteiger partial charge in [0.05, 0.1) is 18.1 Å². The number of sulfonamides is 1. The van der Waals surface area contributed by atoms with Crippen LogP contribution in [0, 0.1) is 0 Å². The zero-order chi connectivity index (χ0) is 15.5. The summed E-state index contributed by atoms with van der Waals surface area (Å²) in [7, 11) is -3.86. The molecular weight excluding hydrogens is 300 g/mol. The Morgan fingerprint density at radius 1 is 1.38 bits per heavy atom. The first-order valence-electron chi connectivity index (χ1n) is 6.22. The van der Waals surface area contributed by atoms with Crippen LogP contribution in [-0.4, -0.2) is 46.0 Å². The van der Waals surface area contributed by atoms with Gasteiger partial charge in [0.15, 0.2) is 0 Å². The molecule has 0 unspecified atom stereocenters. The fraction of sp³-hybridized carbons (Fsp3) is 0.417. The number of morpholine rings is 1. The summed E-state index contributed by atoms with van der Waals surface area (Å²) in [6.45, 7) is 2.13. The summed E-state index contributed by atoms with van der Waals surface area (Å²) < 4.78 is 32.6. The van der Waals surface area contributed by atoms with Crippen LogP contribution in [0.1, 0.15) is 5.56 Å². The molecule has 8 nitrogen and oxygen atoms in total. The minimum atomic E-state index is -3.86. The number of anilines is 1. The highest BCUT2D eigenvalue weighted by atomic mass is 32.2. The summed E-state index contributed by atoms with van der Waals surface area (Å²) >= 11 is 0. The van der Waals surface area contributed by atoms with Crippen molar-refractivity contribution in [2.24, 2.45) is 5.14 Å². The van der Waals surface area contributed by atoms with Gasteiger partial charge in [-0.15, -0.1) is 0 Å². The van der Waals surface area contributed by atoms with Gasteiger partial charge in [-0.2, -0.15) is 0 Å². The number of nitrogens with two attached hydrogens (primary N) is 1. The van der Waals surface area contributed by atoms with Crippen LogP contribution in [0.5, 0.6) is 0 Å². The molecule has 1 aromatic rings. The first-order valence-corrected chi connectivity index (χ1v) is 7.77. The molecule has 9 heteroatoms. The van der Waals surface area contributed by atoms with E-state index in [0.717, 1.165) is 0 Å². The van der Waals surface area contributed by atoms with Crippen LogP contribution < -0.4 is 10.0 Å². The number of nitrogens with zero attached hydrogens (tertiary/aromatic N) is 1. The van der Waals surface area contributed by atoms with E-state index in [2.05, 4.69) is 4.74 Å². The van der Waals surface area contributed by atoms with Gasteiger partial charge in [-0.3, -0.25) is 0 Å². The summed E-state index contributed by atoms with van der Waals surface area (Å²) in [6.07, 6.45) is -1.43. The molecule has 0 bridgehead atoms. The number of carboxylic acid groups (broad SMARTS) is 1. The van der Waals surface area contributed by atoms with Crippen molar-refractivity contribution in [3.63, 3.8) is 0 Å². The summed E-state index contributed by atoms with van der Waals surface area (Å²) in [5, 5.41) is 13.7. The summed E-state index contributed by atoms with van der Waals surface area (Å²) in [4.78, 5) is 12.4. The standard InChI is InChI=1S/C12H16N2O6S/c13-21(17,18)10-1-2-11(14-3-5-19-6-4-14)9(7-10)8-20-12(15)16/h1-2,7H,3-6,8H2,(H,15,16)(H2,13,17,18). The SMILES string of the molecule is NS(=O)(=O)c1ccc(N2CCOCC2)c(COC(=O)O)c1. The molecule has 1 heterocycles. The Kier molecular flexibility index (Phi) is 4.66. The van der Waals surface area contributed by atoms with E-state index in [9.17, 15) is 13.2 Å². The second-order valence-corrected chi connectivity index (χ2v) is 6.05. The Morgan fingerprint density at radius 2 is 2.05 bits per heavy atom. The Bertz CT molecular complexity index is 625. The van der Waals surface area contributed by atoms with Gasteiger partial charge in [-0.05, 0) is 18.2 Å². The fourth-order valence-corrected chi connectivity index (χ4v) is 2.67. The van der Waals surface area contributed by atoms with E-state index in [1.54, 1.807) is 6.07 Å². The highest BCUT2D eigenvalue weighted by Gasteiger charge is 2.18. The van der Waals surface area contributed by atoms with E-state index >= 15 is 0 Å². The number of ether oxygens (including phenoxy) is 2. The van der Waals surface area contributed by atoms with Crippen molar-refractivity contribution in [1.29, 1.82) is 0 Å². The second-order valence-electron chi connectivity index (χ2n) is 4.49. The minimum absolute atomic E-state index is 0.0801. The predicted molar refractivity (Wildman–Crippen MR) is 73.7 cm³/mol.